The number of anilines is 1. The Bertz CT molecular complexity index is 1160. The van der Waals surface area contributed by atoms with Gasteiger partial charge in [0.05, 0.1) is 29.4 Å². The van der Waals surface area contributed by atoms with Gasteiger partial charge in [0.2, 0.25) is 0 Å². The lowest BCUT2D eigenvalue weighted by Gasteiger charge is -2.35. The van der Waals surface area contributed by atoms with Crippen molar-refractivity contribution in [3.63, 3.8) is 0 Å². The van der Waals surface area contributed by atoms with E-state index in [1.807, 2.05) is 19.2 Å². The van der Waals surface area contributed by atoms with E-state index in [2.05, 4.69) is 27.3 Å². The fraction of sp³-hybridized carbons (Fsp3) is 0.444. The molecule has 1 unspecified atom stereocenters. The molecule has 1 aromatic heterocycles. The third-order valence-corrected chi connectivity index (χ3v) is 7.62. The molecule has 0 amide bonds. The first-order valence-electron chi connectivity index (χ1n) is 12.0. The molecular weight excluding hydrogens is 450 g/mol. The van der Waals surface area contributed by atoms with Crippen LogP contribution >= 0.6 is 11.6 Å². The zero-order valence-corrected chi connectivity index (χ0v) is 20.4. The number of phenolic OH excluding ortho intramolecular Hbond substituents is 1. The molecule has 0 spiro atoms. The Morgan fingerprint density at radius 1 is 1.09 bits per heavy atom. The van der Waals surface area contributed by atoms with E-state index in [4.69, 9.17) is 21.1 Å². The van der Waals surface area contributed by atoms with E-state index in [1.54, 1.807) is 18.3 Å². The summed E-state index contributed by atoms with van der Waals surface area (Å²) in [5.74, 6) is 0.304. The van der Waals surface area contributed by atoms with Crippen LogP contribution in [0, 0.1) is 6.07 Å². The lowest BCUT2D eigenvalue weighted by atomic mass is 9.90. The number of fused-ring (bicyclic) bond motifs is 1. The van der Waals surface area contributed by atoms with E-state index < -0.39 is 0 Å². The summed E-state index contributed by atoms with van der Waals surface area (Å²) in [7, 11) is 3.34. The van der Waals surface area contributed by atoms with Crippen molar-refractivity contribution in [1.29, 1.82) is 0 Å². The lowest BCUT2D eigenvalue weighted by molar-refractivity contribution is 0.0947. The monoisotopic (exact) mass is 480 g/mol. The maximum atomic E-state index is 10.1. The van der Waals surface area contributed by atoms with Crippen molar-refractivity contribution < 1.29 is 14.6 Å². The fourth-order valence-electron chi connectivity index (χ4n) is 5.36. The molecule has 1 atom stereocenters. The van der Waals surface area contributed by atoms with Crippen LogP contribution in [0.4, 0.5) is 5.69 Å². The van der Waals surface area contributed by atoms with Crippen LogP contribution in [0.2, 0.25) is 5.02 Å². The average molecular weight is 481 g/mol. The zero-order chi connectivity index (χ0) is 23.7. The number of rotatable bonds is 6. The summed E-state index contributed by atoms with van der Waals surface area (Å²) in [6.45, 7) is 2.22. The van der Waals surface area contributed by atoms with Crippen LogP contribution < -0.4 is 10.1 Å². The number of aromatic hydroxyl groups is 1. The Balaban J connectivity index is 1.33. The van der Waals surface area contributed by atoms with E-state index in [9.17, 15) is 5.11 Å². The second-order valence-electron chi connectivity index (χ2n) is 9.31. The third-order valence-electron chi connectivity index (χ3n) is 7.33. The van der Waals surface area contributed by atoms with E-state index in [-0.39, 0.29) is 10.8 Å². The minimum Gasteiger partial charge on any atom is -0.503 e. The summed E-state index contributed by atoms with van der Waals surface area (Å²) < 4.78 is 10.8. The summed E-state index contributed by atoms with van der Waals surface area (Å²) in [4.78, 5) is 7.12. The summed E-state index contributed by atoms with van der Waals surface area (Å²) in [6.07, 6.45) is 7.97. The van der Waals surface area contributed by atoms with Gasteiger partial charge in [-0.2, -0.15) is 0 Å². The Labute approximate surface area is 205 Å². The number of hydrogen-bond donors (Lipinski definition) is 2. The topological polar surface area (TPSA) is 66.9 Å². The highest BCUT2D eigenvalue weighted by Gasteiger charge is 2.31. The maximum Gasteiger partial charge on any atom is 0.176 e. The van der Waals surface area contributed by atoms with E-state index >= 15 is 0 Å². The molecule has 1 aliphatic carbocycles. The zero-order valence-electron chi connectivity index (χ0n) is 19.7. The number of phenols is 1. The van der Waals surface area contributed by atoms with Crippen LogP contribution in [0.1, 0.15) is 32.1 Å². The fourth-order valence-corrected chi connectivity index (χ4v) is 5.57. The average Bonchev–Trinajstić information content (AvgIpc) is 3.35. The van der Waals surface area contributed by atoms with Gasteiger partial charge in [0.1, 0.15) is 0 Å². The van der Waals surface area contributed by atoms with Gasteiger partial charge in [-0.15, -0.1) is 0 Å². The maximum absolute atomic E-state index is 10.1. The number of pyridine rings is 1. The highest BCUT2D eigenvalue weighted by molar-refractivity contribution is 6.32. The van der Waals surface area contributed by atoms with Gasteiger partial charge in [0.15, 0.2) is 11.5 Å². The van der Waals surface area contributed by atoms with Gasteiger partial charge in [0, 0.05) is 49.9 Å². The molecule has 2 fully saturated rings. The quantitative estimate of drug-likeness (QED) is 0.484. The second kappa shape index (κ2) is 9.98. The molecule has 179 valence electrons. The van der Waals surface area contributed by atoms with E-state index in [1.165, 1.54) is 20.0 Å². The Hall–Kier alpha value is -2.54. The largest absolute Gasteiger partial charge is 0.503 e. The van der Waals surface area contributed by atoms with Crippen molar-refractivity contribution in [2.75, 3.05) is 32.6 Å². The Morgan fingerprint density at radius 2 is 1.91 bits per heavy atom. The van der Waals surface area contributed by atoms with Gasteiger partial charge >= 0.3 is 0 Å². The second-order valence-corrected chi connectivity index (χ2v) is 9.72. The van der Waals surface area contributed by atoms with Crippen LogP contribution in [0.5, 0.6) is 11.5 Å². The van der Waals surface area contributed by atoms with Gasteiger partial charge in [0.25, 0.3) is 0 Å². The number of benzene rings is 2. The molecule has 2 aromatic carbocycles. The number of nitrogens with zero attached hydrogens (tertiary/aromatic N) is 2. The van der Waals surface area contributed by atoms with Crippen LogP contribution in [0.3, 0.4) is 0 Å². The molecule has 3 aromatic rings. The highest BCUT2D eigenvalue weighted by atomic mass is 35.5. The number of nitrogens with one attached hydrogen (secondary N) is 1. The summed E-state index contributed by atoms with van der Waals surface area (Å²) >= 11 is 6.23. The van der Waals surface area contributed by atoms with Crippen LogP contribution in [0.15, 0.2) is 36.5 Å². The van der Waals surface area contributed by atoms with Gasteiger partial charge in [-0.3, -0.25) is 9.88 Å². The van der Waals surface area contributed by atoms with Crippen molar-refractivity contribution in [3.05, 3.63) is 47.6 Å². The normalized spacial score (nSPS) is 23.3. The van der Waals surface area contributed by atoms with Gasteiger partial charge in [-0.05, 0) is 67.5 Å². The smallest absolute Gasteiger partial charge is 0.176 e. The van der Waals surface area contributed by atoms with Crippen molar-refractivity contribution in [2.24, 2.45) is 0 Å². The van der Waals surface area contributed by atoms with Crippen molar-refractivity contribution >= 4 is 28.2 Å². The van der Waals surface area contributed by atoms with Crippen LogP contribution in [-0.2, 0) is 4.74 Å². The van der Waals surface area contributed by atoms with E-state index in [0.717, 1.165) is 60.1 Å². The first kappa shape index (κ1) is 23.2. The summed E-state index contributed by atoms with van der Waals surface area (Å²) in [6, 6.07) is 14.1. The SMILES string of the molecule is COc1cc(-c2ccc3nc[c]c(NC4CCC(N5CCC(OC)C5)CC4)c3c2)cc(Cl)c1O. The van der Waals surface area contributed by atoms with Gasteiger partial charge in [-0.25, -0.2) is 0 Å². The van der Waals surface area contributed by atoms with Crippen molar-refractivity contribution in [3.8, 4) is 22.6 Å². The van der Waals surface area contributed by atoms with Gasteiger partial charge in [-0.1, -0.05) is 17.7 Å². The molecule has 0 bridgehead atoms. The molecule has 1 radical (unpaired) electrons. The highest BCUT2D eigenvalue weighted by Crippen LogP contribution is 2.39. The molecule has 1 aliphatic heterocycles. The summed E-state index contributed by atoms with van der Waals surface area (Å²) in [5, 5.41) is 15.1. The predicted octanol–water partition coefficient (Wildman–Crippen LogP) is 5.51. The van der Waals surface area contributed by atoms with Crippen LogP contribution in [-0.4, -0.2) is 60.5 Å². The minimum absolute atomic E-state index is 0.0478. The number of halogens is 1. The number of ether oxygens (including phenoxy) is 2. The first-order chi connectivity index (χ1) is 16.6. The van der Waals surface area contributed by atoms with Gasteiger partial charge < -0.3 is 19.9 Å². The number of aromatic nitrogens is 1. The van der Waals surface area contributed by atoms with Crippen molar-refractivity contribution in [1.82, 2.24) is 9.88 Å². The van der Waals surface area contributed by atoms with Crippen LogP contribution in [0.25, 0.3) is 22.0 Å². The number of hydrogen-bond acceptors (Lipinski definition) is 6. The molecule has 2 N–H and O–H groups in total. The molecular formula is C27H31ClN3O3. The van der Waals surface area contributed by atoms with Crippen molar-refractivity contribution in [2.45, 2.75) is 50.3 Å². The molecule has 34 heavy (non-hydrogen) atoms. The molecule has 2 aliphatic rings. The first-order valence-corrected chi connectivity index (χ1v) is 12.3. The molecule has 2 heterocycles. The molecule has 1 saturated heterocycles. The third kappa shape index (κ3) is 4.67. The summed E-state index contributed by atoms with van der Waals surface area (Å²) in [5.41, 5.74) is 3.74. The molecule has 5 rings (SSSR count). The number of methoxy groups -OCH3 is 2. The Kier molecular flexibility index (Phi) is 6.82. The standard InChI is InChI=1S/C27H31ClN3O3/c1-33-21-10-12-31(16-21)20-6-4-19(5-7-20)30-25-9-11-29-24-8-3-17(13-22(24)25)18-14-23(28)27(32)26(15-18)34-2/h3,8,11,13-15,19-21,32H,4-7,10,12,16H2,1-2H3,(H,29,30). The number of likely N-dealkylation sites (tertiary alicyclic amines) is 1. The molecule has 7 heteroatoms. The van der Waals surface area contributed by atoms with E-state index in [0.29, 0.717) is 23.9 Å². The lowest BCUT2D eigenvalue weighted by Crippen LogP contribution is -2.39. The minimum atomic E-state index is -0.0478. The molecule has 1 saturated carbocycles. The Morgan fingerprint density at radius 3 is 2.65 bits per heavy atom. The predicted molar refractivity (Wildman–Crippen MR) is 136 cm³/mol. The molecule has 6 nitrogen and oxygen atoms in total.